The summed E-state index contributed by atoms with van der Waals surface area (Å²) < 4.78 is 26.4. The van der Waals surface area contributed by atoms with Crippen molar-refractivity contribution in [3.63, 3.8) is 0 Å². The minimum atomic E-state index is -3.29. The Morgan fingerprint density at radius 3 is 2.35 bits per heavy atom. The highest BCUT2D eigenvalue weighted by atomic mass is 32.2. The Balaban J connectivity index is 1.94. The fraction of sp³-hybridized carbons (Fsp3) is 0.375. The average molecular weight is 334 g/mol. The van der Waals surface area contributed by atoms with Crippen LogP contribution in [0.3, 0.4) is 0 Å². The molecular weight excluding hydrogens is 312 g/mol. The molecule has 0 atom stereocenters. The van der Waals surface area contributed by atoms with Crippen molar-refractivity contribution in [1.29, 1.82) is 0 Å². The normalized spacial score (nSPS) is 11.7. The van der Waals surface area contributed by atoms with E-state index in [9.17, 15) is 8.42 Å². The van der Waals surface area contributed by atoms with Crippen LogP contribution in [0.15, 0.2) is 36.5 Å². The summed E-state index contributed by atoms with van der Waals surface area (Å²) >= 11 is 0. The zero-order valence-corrected chi connectivity index (χ0v) is 14.4. The lowest BCUT2D eigenvalue weighted by Gasteiger charge is -2.10. The molecule has 0 saturated heterocycles. The molecule has 0 spiro atoms. The molecule has 7 heteroatoms. The molecule has 0 radical (unpaired) electrons. The van der Waals surface area contributed by atoms with Crippen molar-refractivity contribution < 1.29 is 8.42 Å². The SMILES string of the molecule is Cc1nccc(NCc2ccc(CS(=O)(=O)NC(C)C)cc2)n1. The monoisotopic (exact) mass is 334 g/mol. The topological polar surface area (TPSA) is 84.0 Å². The minimum Gasteiger partial charge on any atom is -0.366 e. The molecule has 6 nitrogen and oxygen atoms in total. The fourth-order valence-electron chi connectivity index (χ4n) is 2.12. The van der Waals surface area contributed by atoms with Crippen molar-refractivity contribution in [2.75, 3.05) is 5.32 Å². The standard InChI is InChI=1S/C16H22N4O2S/c1-12(2)20-23(21,22)11-15-6-4-14(5-7-15)10-18-16-8-9-17-13(3)19-16/h4-9,12,20H,10-11H2,1-3H3,(H,17,18,19). The van der Waals surface area contributed by atoms with Crippen LogP contribution in [0.2, 0.25) is 0 Å². The van der Waals surface area contributed by atoms with Gasteiger partial charge in [0, 0.05) is 18.8 Å². The molecule has 23 heavy (non-hydrogen) atoms. The van der Waals surface area contributed by atoms with Crippen LogP contribution in [-0.2, 0) is 22.3 Å². The van der Waals surface area contributed by atoms with Gasteiger partial charge in [-0.3, -0.25) is 0 Å². The minimum absolute atomic E-state index is 0.00993. The summed E-state index contributed by atoms with van der Waals surface area (Å²) in [7, 11) is -3.29. The van der Waals surface area contributed by atoms with Crippen LogP contribution in [-0.4, -0.2) is 24.4 Å². The molecule has 0 unspecified atom stereocenters. The maximum atomic E-state index is 11.9. The lowest BCUT2D eigenvalue weighted by atomic mass is 10.1. The third kappa shape index (κ3) is 5.96. The molecular formula is C16H22N4O2S. The van der Waals surface area contributed by atoms with Gasteiger partial charge in [-0.25, -0.2) is 23.1 Å². The summed E-state index contributed by atoms with van der Waals surface area (Å²) in [6.45, 7) is 6.07. The van der Waals surface area contributed by atoms with Crippen LogP contribution < -0.4 is 10.0 Å². The first kappa shape index (κ1) is 17.4. The number of nitrogens with one attached hydrogen (secondary N) is 2. The molecule has 2 N–H and O–H groups in total. The van der Waals surface area contributed by atoms with Gasteiger partial charge in [0.05, 0.1) is 5.75 Å². The first-order valence-electron chi connectivity index (χ1n) is 7.45. The molecule has 0 aliphatic heterocycles. The van der Waals surface area contributed by atoms with Crippen LogP contribution >= 0.6 is 0 Å². The van der Waals surface area contributed by atoms with E-state index in [2.05, 4.69) is 20.0 Å². The van der Waals surface area contributed by atoms with Gasteiger partial charge < -0.3 is 5.32 Å². The van der Waals surface area contributed by atoms with E-state index in [1.54, 1.807) is 20.0 Å². The van der Waals surface area contributed by atoms with Crippen molar-refractivity contribution >= 4 is 15.8 Å². The number of sulfonamides is 1. The third-order valence-electron chi connectivity index (χ3n) is 3.04. The first-order chi connectivity index (χ1) is 10.8. The van der Waals surface area contributed by atoms with Gasteiger partial charge in [-0.1, -0.05) is 24.3 Å². The van der Waals surface area contributed by atoms with Gasteiger partial charge in [0.2, 0.25) is 10.0 Å². The summed E-state index contributed by atoms with van der Waals surface area (Å²) in [6.07, 6.45) is 1.71. The summed E-state index contributed by atoms with van der Waals surface area (Å²) in [6, 6.07) is 9.22. The van der Waals surface area contributed by atoms with Crippen molar-refractivity contribution in [2.45, 2.75) is 39.1 Å². The Morgan fingerprint density at radius 1 is 1.09 bits per heavy atom. The highest BCUT2D eigenvalue weighted by Crippen LogP contribution is 2.10. The zero-order valence-electron chi connectivity index (χ0n) is 13.6. The molecule has 0 saturated carbocycles. The van der Waals surface area contributed by atoms with Crippen molar-refractivity contribution in [2.24, 2.45) is 0 Å². The van der Waals surface area contributed by atoms with E-state index in [-0.39, 0.29) is 11.8 Å². The van der Waals surface area contributed by atoms with E-state index in [0.717, 1.165) is 16.9 Å². The molecule has 0 aliphatic rings. The second-order valence-electron chi connectivity index (χ2n) is 5.69. The summed E-state index contributed by atoms with van der Waals surface area (Å²) in [5.74, 6) is 1.47. The molecule has 0 aliphatic carbocycles. The van der Waals surface area contributed by atoms with E-state index in [4.69, 9.17) is 0 Å². The number of aryl methyl sites for hydroxylation is 1. The van der Waals surface area contributed by atoms with Gasteiger partial charge in [0.1, 0.15) is 11.6 Å². The van der Waals surface area contributed by atoms with Crippen LogP contribution in [0.4, 0.5) is 5.82 Å². The van der Waals surface area contributed by atoms with Crippen molar-refractivity contribution in [3.8, 4) is 0 Å². The third-order valence-corrected chi connectivity index (χ3v) is 4.59. The van der Waals surface area contributed by atoms with E-state index in [1.165, 1.54) is 0 Å². The number of hydrogen-bond acceptors (Lipinski definition) is 5. The quantitative estimate of drug-likeness (QED) is 0.811. The van der Waals surface area contributed by atoms with E-state index < -0.39 is 10.0 Å². The van der Waals surface area contributed by atoms with Gasteiger partial charge >= 0.3 is 0 Å². The molecule has 1 aromatic heterocycles. The predicted molar refractivity (Wildman–Crippen MR) is 91.4 cm³/mol. The highest BCUT2D eigenvalue weighted by molar-refractivity contribution is 7.88. The maximum Gasteiger partial charge on any atom is 0.216 e. The maximum absolute atomic E-state index is 11.9. The van der Waals surface area contributed by atoms with Crippen LogP contribution in [0, 0.1) is 6.92 Å². The lowest BCUT2D eigenvalue weighted by Crippen LogP contribution is -2.31. The van der Waals surface area contributed by atoms with Crippen LogP contribution in [0.1, 0.15) is 30.8 Å². The Morgan fingerprint density at radius 2 is 1.74 bits per heavy atom. The second-order valence-corrected chi connectivity index (χ2v) is 7.44. The summed E-state index contributed by atoms with van der Waals surface area (Å²) in [5, 5.41) is 3.21. The molecule has 0 amide bonds. The van der Waals surface area contributed by atoms with Gasteiger partial charge in [0.15, 0.2) is 0 Å². The zero-order chi connectivity index (χ0) is 16.9. The van der Waals surface area contributed by atoms with Gasteiger partial charge in [-0.2, -0.15) is 0 Å². The van der Waals surface area contributed by atoms with Crippen molar-refractivity contribution in [1.82, 2.24) is 14.7 Å². The number of nitrogens with zero attached hydrogens (tertiary/aromatic N) is 2. The Kier molecular flexibility index (Phi) is 5.68. The van der Waals surface area contributed by atoms with Gasteiger partial charge in [-0.15, -0.1) is 0 Å². The largest absolute Gasteiger partial charge is 0.366 e. The fourth-order valence-corrected chi connectivity index (χ4v) is 3.55. The molecule has 1 heterocycles. The van der Waals surface area contributed by atoms with E-state index in [0.29, 0.717) is 12.4 Å². The smallest absolute Gasteiger partial charge is 0.216 e. The Bertz CT molecular complexity index is 743. The number of anilines is 1. The van der Waals surface area contributed by atoms with E-state index >= 15 is 0 Å². The van der Waals surface area contributed by atoms with Crippen LogP contribution in [0.5, 0.6) is 0 Å². The van der Waals surface area contributed by atoms with Crippen molar-refractivity contribution in [3.05, 3.63) is 53.5 Å². The highest BCUT2D eigenvalue weighted by Gasteiger charge is 2.12. The summed E-state index contributed by atoms with van der Waals surface area (Å²) in [4.78, 5) is 8.32. The number of benzene rings is 1. The molecule has 0 bridgehead atoms. The van der Waals surface area contributed by atoms with E-state index in [1.807, 2.05) is 37.3 Å². The molecule has 1 aromatic carbocycles. The molecule has 0 fully saturated rings. The Hall–Kier alpha value is -1.99. The number of aromatic nitrogens is 2. The lowest BCUT2D eigenvalue weighted by molar-refractivity contribution is 0.569. The van der Waals surface area contributed by atoms with Gasteiger partial charge in [0.25, 0.3) is 0 Å². The Labute approximate surface area is 137 Å². The second kappa shape index (κ2) is 7.52. The average Bonchev–Trinajstić information content (AvgIpc) is 2.45. The molecule has 2 aromatic rings. The molecule has 124 valence electrons. The van der Waals surface area contributed by atoms with Gasteiger partial charge in [-0.05, 0) is 38.0 Å². The number of hydrogen-bond donors (Lipinski definition) is 2. The van der Waals surface area contributed by atoms with Crippen LogP contribution in [0.25, 0.3) is 0 Å². The first-order valence-corrected chi connectivity index (χ1v) is 9.10. The number of rotatable bonds is 7. The molecule has 2 rings (SSSR count). The summed E-state index contributed by atoms with van der Waals surface area (Å²) in [5.41, 5.74) is 1.82. The predicted octanol–water partition coefficient (Wildman–Crippen LogP) is 2.22.